The fraction of sp³-hybridized carbons (Fsp3) is 0.385. The summed E-state index contributed by atoms with van der Waals surface area (Å²) in [5, 5.41) is 1.45. The Morgan fingerprint density at radius 3 is 2.67 bits per heavy atom. The van der Waals surface area contributed by atoms with Crippen molar-refractivity contribution in [3.8, 4) is 0 Å². The van der Waals surface area contributed by atoms with Crippen LogP contribution in [0.3, 0.4) is 0 Å². The number of hydrogen-bond acceptors (Lipinski definition) is 2. The molecular weight excluding hydrogens is 318 g/mol. The summed E-state index contributed by atoms with van der Waals surface area (Å²) < 4.78 is 0. The van der Waals surface area contributed by atoms with Crippen molar-refractivity contribution in [1.29, 1.82) is 0 Å². The van der Waals surface area contributed by atoms with Gasteiger partial charge >= 0.3 is 0 Å². The molecule has 1 aliphatic rings. The average molecular weight is 331 g/mol. The molecule has 1 amide bonds. The van der Waals surface area contributed by atoms with Gasteiger partial charge in [-0.2, -0.15) is 0 Å². The van der Waals surface area contributed by atoms with Crippen molar-refractivity contribution in [1.82, 2.24) is 0 Å². The minimum absolute atomic E-state index is 0.424. The minimum Gasteiger partial charge on any atom is -0.305 e. The Bertz CT molecular complexity index is 490. The smallest absolute Gasteiger partial charge is 0.299 e. The van der Waals surface area contributed by atoms with Gasteiger partial charge in [0.2, 0.25) is 0 Å². The molecule has 0 fully saturated rings. The van der Waals surface area contributed by atoms with Crippen LogP contribution >= 0.6 is 27.5 Å². The van der Waals surface area contributed by atoms with Gasteiger partial charge in [0.15, 0.2) is 0 Å². The lowest BCUT2D eigenvalue weighted by molar-refractivity contribution is -0.114. The van der Waals surface area contributed by atoms with Gasteiger partial charge < -0.3 is 4.90 Å². The molecular formula is C13H13BrClNO2. The highest BCUT2D eigenvalue weighted by atomic mass is 79.9. The van der Waals surface area contributed by atoms with Crippen LogP contribution in [0.4, 0.5) is 5.69 Å². The Balaban J connectivity index is 2.13. The highest BCUT2D eigenvalue weighted by Gasteiger charge is 2.35. The van der Waals surface area contributed by atoms with Crippen molar-refractivity contribution in [3.05, 3.63) is 28.8 Å². The van der Waals surface area contributed by atoms with Crippen molar-refractivity contribution < 1.29 is 9.59 Å². The van der Waals surface area contributed by atoms with Crippen LogP contribution in [0.1, 0.15) is 29.6 Å². The zero-order valence-corrected chi connectivity index (χ0v) is 12.1. The summed E-state index contributed by atoms with van der Waals surface area (Å²) in [5.74, 6) is -0.890. The Morgan fingerprint density at radius 1 is 1.17 bits per heavy atom. The summed E-state index contributed by atoms with van der Waals surface area (Å²) in [7, 11) is 0. The highest BCUT2D eigenvalue weighted by Crippen LogP contribution is 2.31. The van der Waals surface area contributed by atoms with Gasteiger partial charge in [-0.3, -0.25) is 9.59 Å². The second kappa shape index (κ2) is 5.85. The first kappa shape index (κ1) is 13.6. The van der Waals surface area contributed by atoms with Crippen molar-refractivity contribution in [2.75, 3.05) is 16.8 Å². The zero-order chi connectivity index (χ0) is 13.1. The van der Waals surface area contributed by atoms with Crippen molar-refractivity contribution in [3.63, 3.8) is 0 Å². The summed E-state index contributed by atoms with van der Waals surface area (Å²) in [5.41, 5.74) is 1.11. The fourth-order valence-corrected chi connectivity index (χ4v) is 2.60. The van der Waals surface area contributed by atoms with Gasteiger partial charge in [-0.05, 0) is 31.0 Å². The summed E-state index contributed by atoms with van der Waals surface area (Å²) in [6, 6.07) is 5.01. The van der Waals surface area contributed by atoms with Crippen LogP contribution in [0.2, 0.25) is 5.02 Å². The van der Waals surface area contributed by atoms with E-state index >= 15 is 0 Å². The number of nitrogens with zero attached hydrogens (tertiary/aromatic N) is 1. The number of Topliss-reactive ketones (excluding diaryl/α,β-unsaturated/α-hetero) is 1. The normalized spacial score (nSPS) is 14.2. The molecule has 5 heteroatoms. The Kier molecular flexibility index (Phi) is 4.40. The second-order valence-electron chi connectivity index (χ2n) is 4.20. The molecule has 96 valence electrons. The topological polar surface area (TPSA) is 37.4 Å². The average Bonchev–Trinajstić information content (AvgIpc) is 2.59. The van der Waals surface area contributed by atoms with Crippen LogP contribution in [0, 0.1) is 0 Å². The van der Waals surface area contributed by atoms with E-state index in [1.807, 2.05) is 0 Å². The third-order valence-corrected chi connectivity index (χ3v) is 3.74. The molecule has 1 aliphatic heterocycles. The Hall–Kier alpha value is -0.870. The quantitative estimate of drug-likeness (QED) is 0.471. The summed E-state index contributed by atoms with van der Waals surface area (Å²) in [4.78, 5) is 25.2. The minimum atomic E-state index is -0.451. The molecule has 0 radical (unpaired) electrons. The van der Waals surface area contributed by atoms with E-state index in [1.54, 1.807) is 23.1 Å². The lowest BCUT2D eigenvalue weighted by Gasteiger charge is -2.16. The number of benzene rings is 1. The third-order valence-electron chi connectivity index (χ3n) is 2.95. The molecule has 0 aromatic heterocycles. The summed E-state index contributed by atoms with van der Waals surface area (Å²) in [6.45, 7) is 0.589. The van der Waals surface area contributed by atoms with Crippen LogP contribution in [0.25, 0.3) is 0 Å². The number of halogens is 2. The molecule has 1 aromatic rings. The number of amides is 1. The van der Waals surface area contributed by atoms with Crippen molar-refractivity contribution >= 4 is 44.9 Å². The maximum atomic E-state index is 11.9. The van der Waals surface area contributed by atoms with E-state index in [1.165, 1.54) is 0 Å². The molecule has 0 N–H and O–H groups in total. The van der Waals surface area contributed by atoms with E-state index in [-0.39, 0.29) is 0 Å². The monoisotopic (exact) mass is 329 g/mol. The van der Waals surface area contributed by atoms with Crippen molar-refractivity contribution in [2.45, 2.75) is 19.3 Å². The number of alkyl halides is 1. The molecule has 0 aliphatic carbocycles. The van der Waals surface area contributed by atoms with Gasteiger partial charge in [-0.1, -0.05) is 34.0 Å². The number of hydrogen-bond donors (Lipinski definition) is 0. The largest absolute Gasteiger partial charge is 0.305 e. The molecule has 0 bridgehead atoms. The first-order valence-corrected chi connectivity index (χ1v) is 7.37. The predicted molar refractivity (Wildman–Crippen MR) is 75.8 cm³/mol. The number of rotatable bonds is 5. The molecule has 0 saturated heterocycles. The van der Waals surface area contributed by atoms with E-state index < -0.39 is 11.7 Å². The first-order chi connectivity index (χ1) is 8.65. The van der Waals surface area contributed by atoms with E-state index in [4.69, 9.17) is 11.6 Å². The Morgan fingerprint density at radius 2 is 1.94 bits per heavy atom. The molecule has 18 heavy (non-hydrogen) atoms. The van der Waals surface area contributed by atoms with Gasteiger partial charge in [0, 0.05) is 16.9 Å². The van der Waals surface area contributed by atoms with Crippen molar-refractivity contribution in [2.24, 2.45) is 0 Å². The third kappa shape index (κ3) is 2.59. The molecule has 0 atom stereocenters. The van der Waals surface area contributed by atoms with Gasteiger partial charge in [-0.15, -0.1) is 0 Å². The maximum absolute atomic E-state index is 11.9. The lowest BCUT2D eigenvalue weighted by Crippen LogP contribution is -2.30. The zero-order valence-electron chi connectivity index (χ0n) is 9.79. The Labute approximate surface area is 119 Å². The SMILES string of the molecule is O=C1C(=O)N(CCCCCBr)c2ccc(Cl)cc21. The number of fused-ring (bicyclic) bond motifs is 1. The summed E-state index contributed by atoms with van der Waals surface area (Å²) in [6.07, 6.45) is 3.00. The van der Waals surface area contributed by atoms with Crippen LogP contribution < -0.4 is 4.90 Å². The first-order valence-electron chi connectivity index (χ1n) is 5.87. The fourth-order valence-electron chi connectivity index (χ4n) is 2.04. The molecule has 0 saturated carbocycles. The molecule has 1 heterocycles. The standard InChI is InChI=1S/C13H13BrClNO2/c14-6-2-1-3-7-16-11-5-4-9(15)8-10(11)12(17)13(16)18/h4-5,8H,1-3,6-7H2. The summed E-state index contributed by atoms with van der Waals surface area (Å²) >= 11 is 9.21. The van der Waals surface area contributed by atoms with Gasteiger partial charge in [0.25, 0.3) is 11.7 Å². The van der Waals surface area contributed by atoms with Crippen LogP contribution in [-0.2, 0) is 4.79 Å². The number of ketones is 1. The molecule has 3 nitrogen and oxygen atoms in total. The molecule has 0 unspecified atom stereocenters. The lowest BCUT2D eigenvalue weighted by atomic mass is 10.1. The predicted octanol–water partition coefficient (Wildman–Crippen LogP) is 3.43. The number of anilines is 1. The van der Waals surface area contributed by atoms with E-state index in [9.17, 15) is 9.59 Å². The van der Waals surface area contributed by atoms with E-state index in [0.717, 1.165) is 24.6 Å². The number of unbranched alkanes of at least 4 members (excludes halogenated alkanes) is 2. The van der Waals surface area contributed by atoms with Crippen LogP contribution in [0.15, 0.2) is 18.2 Å². The number of carbonyl (C=O) groups excluding carboxylic acids is 2. The second-order valence-corrected chi connectivity index (χ2v) is 5.43. The molecule has 2 rings (SSSR count). The van der Waals surface area contributed by atoms with Gasteiger partial charge in [-0.25, -0.2) is 0 Å². The van der Waals surface area contributed by atoms with E-state index in [0.29, 0.717) is 22.8 Å². The van der Waals surface area contributed by atoms with Gasteiger partial charge in [0.05, 0.1) is 11.3 Å². The van der Waals surface area contributed by atoms with Crippen LogP contribution in [-0.4, -0.2) is 23.6 Å². The van der Waals surface area contributed by atoms with Crippen LogP contribution in [0.5, 0.6) is 0 Å². The molecule has 1 aromatic carbocycles. The molecule has 0 spiro atoms. The maximum Gasteiger partial charge on any atom is 0.299 e. The van der Waals surface area contributed by atoms with E-state index in [2.05, 4.69) is 15.9 Å². The number of carbonyl (C=O) groups is 2. The highest BCUT2D eigenvalue weighted by molar-refractivity contribution is 9.09. The van der Waals surface area contributed by atoms with Gasteiger partial charge in [0.1, 0.15) is 0 Å².